The first-order valence-corrected chi connectivity index (χ1v) is 5.09. The molecule has 0 aliphatic heterocycles. The molecule has 13 heavy (non-hydrogen) atoms. The fourth-order valence-electron chi connectivity index (χ4n) is 1.06. The van der Waals surface area contributed by atoms with E-state index in [2.05, 4.69) is 10.6 Å². The minimum Gasteiger partial charge on any atom is -0.348 e. The molecule has 1 aromatic rings. The van der Waals surface area contributed by atoms with E-state index in [1.165, 1.54) is 4.88 Å². The second-order valence-electron chi connectivity index (χ2n) is 2.83. The first kappa shape index (κ1) is 10.2. The summed E-state index contributed by atoms with van der Waals surface area (Å²) in [6, 6.07) is 4.12. The number of carbonyl (C=O) groups excluding carboxylic acids is 1. The van der Waals surface area contributed by atoms with Gasteiger partial charge in [0.2, 0.25) is 5.91 Å². The lowest BCUT2D eigenvalue weighted by atomic mass is 10.3. The van der Waals surface area contributed by atoms with E-state index >= 15 is 0 Å². The molecule has 0 saturated heterocycles. The van der Waals surface area contributed by atoms with Crippen molar-refractivity contribution in [2.75, 3.05) is 13.6 Å². The van der Waals surface area contributed by atoms with Gasteiger partial charge in [0, 0.05) is 4.88 Å². The highest BCUT2D eigenvalue weighted by Crippen LogP contribution is 2.17. The summed E-state index contributed by atoms with van der Waals surface area (Å²) in [5, 5.41) is 7.71. The zero-order valence-corrected chi connectivity index (χ0v) is 8.65. The van der Waals surface area contributed by atoms with Gasteiger partial charge in [-0.25, -0.2) is 0 Å². The molecule has 1 heterocycles. The van der Waals surface area contributed by atoms with Crippen LogP contribution in [0.2, 0.25) is 0 Å². The summed E-state index contributed by atoms with van der Waals surface area (Å²) >= 11 is 1.66. The maximum atomic E-state index is 11.2. The van der Waals surface area contributed by atoms with Crippen molar-refractivity contribution in [3.8, 4) is 0 Å². The third-order valence-electron chi connectivity index (χ3n) is 1.68. The number of rotatable bonds is 4. The molecule has 72 valence electrons. The molecule has 0 radical (unpaired) electrons. The predicted octanol–water partition coefficient (Wildman–Crippen LogP) is 1.14. The van der Waals surface area contributed by atoms with Crippen LogP contribution in [0.5, 0.6) is 0 Å². The van der Waals surface area contributed by atoms with E-state index in [-0.39, 0.29) is 11.9 Å². The molecular formula is C9H14N2OS. The minimum absolute atomic E-state index is 0.0309. The van der Waals surface area contributed by atoms with E-state index in [0.29, 0.717) is 6.54 Å². The quantitative estimate of drug-likeness (QED) is 0.762. The molecule has 1 aromatic heterocycles. The molecule has 2 N–H and O–H groups in total. The number of hydrogen-bond acceptors (Lipinski definition) is 3. The third kappa shape index (κ3) is 3.16. The number of hydrogen-bond donors (Lipinski definition) is 2. The van der Waals surface area contributed by atoms with Crippen molar-refractivity contribution in [2.24, 2.45) is 0 Å². The number of amides is 1. The number of likely N-dealkylation sites (N-methyl/N-ethyl adjacent to an activating group) is 1. The molecule has 4 heteroatoms. The zero-order valence-electron chi connectivity index (χ0n) is 7.83. The van der Waals surface area contributed by atoms with E-state index in [1.807, 2.05) is 24.4 Å². The summed E-state index contributed by atoms with van der Waals surface area (Å²) in [7, 11) is 1.76. The second-order valence-corrected chi connectivity index (χ2v) is 3.81. The monoisotopic (exact) mass is 198 g/mol. The highest BCUT2D eigenvalue weighted by atomic mass is 32.1. The second kappa shape index (κ2) is 4.99. The van der Waals surface area contributed by atoms with Crippen LogP contribution in [0.15, 0.2) is 17.5 Å². The molecule has 1 atom stereocenters. The Hall–Kier alpha value is -0.870. The summed E-state index contributed by atoms with van der Waals surface area (Å²) in [5.41, 5.74) is 0. The molecule has 3 nitrogen and oxygen atoms in total. The van der Waals surface area contributed by atoms with Crippen LogP contribution in [-0.2, 0) is 4.79 Å². The van der Waals surface area contributed by atoms with Crippen molar-refractivity contribution in [3.63, 3.8) is 0 Å². The van der Waals surface area contributed by atoms with Crippen LogP contribution in [0.1, 0.15) is 17.8 Å². The molecule has 0 fully saturated rings. The SMILES string of the molecule is CNCC(=O)N[C@H](C)c1cccs1. The lowest BCUT2D eigenvalue weighted by molar-refractivity contribution is -0.120. The first-order valence-electron chi connectivity index (χ1n) is 4.21. The molecule has 0 spiro atoms. The molecule has 0 aromatic carbocycles. The van der Waals surface area contributed by atoms with Gasteiger partial charge in [-0.05, 0) is 25.4 Å². The average Bonchev–Trinajstić information content (AvgIpc) is 2.55. The van der Waals surface area contributed by atoms with E-state index in [0.717, 1.165) is 0 Å². The van der Waals surface area contributed by atoms with Gasteiger partial charge < -0.3 is 10.6 Å². The Bertz CT molecular complexity index is 259. The van der Waals surface area contributed by atoms with Gasteiger partial charge in [0.1, 0.15) is 0 Å². The normalized spacial score (nSPS) is 12.5. The summed E-state index contributed by atoms with van der Waals surface area (Å²) in [4.78, 5) is 12.4. The van der Waals surface area contributed by atoms with Gasteiger partial charge >= 0.3 is 0 Å². The fourth-order valence-corrected chi connectivity index (χ4v) is 1.80. The predicted molar refractivity (Wildman–Crippen MR) is 54.8 cm³/mol. The molecule has 0 aliphatic carbocycles. The lowest BCUT2D eigenvalue weighted by Crippen LogP contribution is -2.33. The molecule has 0 saturated carbocycles. The molecule has 1 amide bonds. The number of thiophene rings is 1. The largest absolute Gasteiger partial charge is 0.348 e. The van der Waals surface area contributed by atoms with Crippen molar-refractivity contribution in [1.29, 1.82) is 0 Å². The minimum atomic E-state index is 0.0309. The van der Waals surface area contributed by atoms with Crippen LogP contribution in [0.3, 0.4) is 0 Å². The molecule has 0 unspecified atom stereocenters. The Morgan fingerprint density at radius 2 is 2.46 bits per heavy atom. The van der Waals surface area contributed by atoms with Crippen LogP contribution in [0.25, 0.3) is 0 Å². The van der Waals surface area contributed by atoms with Crippen LogP contribution in [-0.4, -0.2) is 19.5 Å². The molecule has 0 bridgehead atoms. The zero-order chi connectivity index (χ0) is 9.68. The van der Waals surface area contributed by atoms with Crippen molar-refractivity contribution in [1.82, 2.24) is 10.6 Å². The van der Waals surface area contributed by atoms with Crippen molar-refractivity contribution < 1.29 is 4.79 Å². The summed E-state index contributed by atoms with van der Waals surface area (Å²) in [5.74, 6) is 0.0309. The van der Waals surface area contributed by atoms with Crippen molar-refractivity contribution >= 4 is 17.2 Å². The van der Waals surface area contributed by atoms with Gasteiger partial charge in [-0.15, -0.1) is 11.3 Å². The highest BCUT2D eigenvalue weighted by Gasteiger charge is 2.08. The van der Waals surface area contributed by atoms with Crippen molar-refractivity contribution in [2.45, 2.75) is 13.0 Å². The average molecular weight is 198 g/mol. The van der Waals surface area contributed by atoms with Crippen molar-refractivity contribution in [3.05, 3.63) is 22.4 Å². The topological polar surface area (TPSA) is 41.1 Å². The molecule has 1 rings (SSSR count). The Kier molecular flexibility index (Phi) is 3.92. The summed E-state index contributed by atoms with van der Waals surface area (Å²) in [6.07, 6.45) is 0. The third-order valence-corrected chi connectivity index (χ3v) is 2.74. The Morgan fingerprint density at radius 1 is 1.69 bits per heavy atom. The van der Waals surface area contributed by atoms with Crippen LogP contribution >= 0.6 is 11.3 Å². The van der Waals surface area contributed by atoms with Crippen LogP contribution in [0.4, 0.5) is 0 Å². The standard InChI is InChI=1S/C9H14N2OS/c1-7(8-4-3-5-13-8)11-9(12)6-10-2/h3-5,7,10H,6H2,1-2H3,(H,11,12)/t7-/m1/s1. The van der Waals surface area contributed by atoms with Crippen LogP contribution in [0, 0.1) is 0 Å². The smallest absolute Gasteiger partial charge is 0.234 e. The van der Waals surface area contributed by atoms with E-state index in [1.54, 1.807) is 18.4 Å². The van der Waals surface area contributed by atoms with Crippen LogP contribution < -0.4 is 10.6 Å². The van der Waals surface area contributed by atoms with E-state index in [4.69, 9.17) is 0 Å². The Morgan fingerprint density at radius 3 is 3.00 bits per heavy atom. The molecular weight excluding hydrogens is 184 g/mol. The Labute approximate surface area is 82.2 Å². The van der Waals surface area contributed by atoms with E-state index in [9.17, 15) is 4.79 Å². The molecule has 0 aliphatic rings. The first-order chi connectivity index (χ1) is 6.24. The summed E-state index contributed by atoms with van der Waals surface area (Å²) < 4.78 is 0. The van der Waals surface area contributed by atoms with E-state index < -0.39 is 0 Å². The number of carbonyl (C=O) groups is 1. The van der Waals surface area contributed by atoms with Gasteiger partial charge in [-0.3, -0.25) is 4.79 Å². The maximum absolute atomic E-state index is 11.2. The van der Waals surface area contributed by atoms with Gasteiger partial charge in [-0.1, -0.05) is 6.07 Å². The maximum Gasteiger partial charge on any atom is 0.234 e. The fraction of sp³-hybridized carbons (Fsp3) is 0.444. The summed E-state index contributed by atoms with van der Waals surface area (Å²) in [6.45, 7) is 2.36. The lowest BCUT2D eigenvalue weighted by Gasteiger charge is -2.11. The Balaban J connectivity index is 2.42. The highest BCUT2D eigenvalue weighted by molar-refractivity contribution is 7.10. The van der Waals surface area contributed by atoms with Gasteiger partial charge in [0.25, 0.3) is 0 Å². The number of nitrogens with one attached hydrogen (secondary N) is 2. The van der Waals surface area contributed by atoms with Gasteiger partial charge in [0.05, 0.1) is 12.6 Å². The van der Waals surface area contributed by atoms with Gasteiger partial charge in [-0.2, -0.15) is 0 Å². The van der Waals surface area contributed by atoms with Gasteiger partial charge in [0.15, 0.2) is 0 Å².